The van der Waals surface area contributed by atoms with Crippen molar-refractivity contribution in [2.24, 2.45) is 0 Å². The van der Waals surface area contributed by atoms with Crippen LogP contribution in [0.1, 0.15) is 10.4 Å². The van der Waals surface area contributed by atoms with E-state index >= 15 is 0 Å². The normalized spacial score (nSPS) is 19.9. The fourth-order valence-electron chi connectivity index (χ4n) is 1.41. The second-order valence-electron chi connectivity index (χ2n) is 3.39. The molecular formula is C10H11NO5S. The molecule has 1 atom stereocenters. The Kier molecular flexibility index (Phi) is 3.72. The molecule has 0 saturated carbocycles. The quantitative estimate of drug-likeness (QED) is 0.836. The van der Waals surface area contributed by atoms with E-state index in [0.29, 0.717) is 18.2 Å². The highest BCUT2D eigenvalue weighted by atomic mass is 32.1. The smallest absolute Gasteiger partial charge is 0.338 e. The summed E-state index contributed by atoms with van der Waals surface area (Å²) >= 11 is 1.16. The minimum Gasteiger partial charge on any atom is -0.478 e. The molecule has 0 spiro atoms. The summed E-state index contributed by atoms with van der Waals surface area (Å²) in [5.41, 5.74) is 0.0834. The van der Waals surface area contributed by atoms with E-state index in [-0.39, 0.29) is 18.1 Å². The number of rotatable bonds is 3. The minimum absolute atomic E-state index is 0.0834. The van der Waals surface area contributed by atoms with Gasteiger partial charge in [-0.3, -0.25) is 4.79 Å². The third-order valence-corrected chi connectivity index (χ3v) is 3.07. The summed E-state index contributed by atoms with van der Waals surface area (Å²) < 4.78 is 10.3. The van der Waals surface area contributed by atoms with Crippen molar-refractivity contribution in [3.63, 3.8) is 0 Å². The fourth-order valence-corrected chi connectivity index (χ4v) is 2.19. The fraction of sp³-hybridized carbons (Fsp3) is 0.400. The molecule has 1 saturated heterocycles. The van der Waals surface area contributed by atoms with Gasteiger partial charge in [0.05, 0.1) is 25.4 Å². The highest BCUT2D eigenvalue weighted by Gasteiger charge is 2.24. The van der Waals surface area contributed by atoms with Crippen molar-refractivity contribution >= 4 is 28.2 Å². The van der Waals surface area contributed by atoms with Gasteiger partial charge in [-0.15, -0.1) is 11.3 Å². The maximum atomic E-state index is 11.7. The topological polar surface area (TPSA) is 84.9 Å². The largest absolute Gasteiger partial charge is 0.478 e. The molecule has 2 rings (SSSR count). The van der Waals surface area contributed by atoms with Crippen molar-refractivity contribution in [2.45, 2.75) is 6.10 Å². The van der Waals surface area contributed by atoms with Crippen molar-refractivity contribution in [2.75, 3.05) is 25.1 Å². The minimum atomic E-state index is -1.07. The monoisotopic (exact) mass is 257 g/mol. The van der Waals surface area contributed by atoms with Gasteiger partial charge >= 0.3 is 5.97 Å². The molecule has 1 aliphatic rings. The van der Waals surface area contributed by atoms with Crippen LogP contribution >= 0.6 is 11.3 Å². The molecule has 6 nitrogen and oxygen atoms in total. The standard InChI is InChI=1S/C10H11NO5S/c12-8(7-5-15-2-3-16-7)11-9-6(10(13)14)1-4-17-9/h1,4,7H,2-3,5H2,(H,11,12)(H,13,14). The Balaban J connectivity index is 2.02. The Hall–Kier alpha value is -1.44. The number of nitrogens with one attached hydrogen (secondary N) is 1. The Morgan fingerprint density at radius 2 is 2.29 bits per heavy atom. The van der Waals surface area contributed by atoms with Crippen molar-refractivity contribution in [1.29, 1.82) is 0 Å². The van der Waals surface area contributed by atoms with Crippen LogP contribution in [-0.2, 0) is 14.3 Å². The first-order valence-corrected chi connectivity index (χ1v) is 5.87. The molecule has 1 amide bonds. The van der Waals surface area contributed by atoms with E-state index in [2.05, 4.69) is 5.32 Å². The van der Waals surface area contributed by atoms with Crippen LogP contribution in [-0.4, -0.2) is 42.9 Å². The molecule has 0 radical (unpaired) electrons. The molecule has 1 fully saturated rings. The molecule has 1 aliphatic heterocycles. The summed E-state index contributed by atoms with van der Waals surface area (Å²) in [6.45, 7) is 1.04. The lowest BCUT2D eigenvalue weighted by atomic mass is 10.3. The van der Waals surface area contributed by atoms with E-state index < -0.39 is 12.1 Å². The Labute approximate surface area is 101 Å². The molecule has 1 aromatic rings. The summed E-state index contributed by atoms with van der Waals surface area (Å²) in [7, 11) is 0. The molecule has 2 N–H and O–H groups in total. The van der Waals surface area contributed by atoms with E-state index in [0.717, 1.165) is 11.3 Å². The molecule has 7 heteroatoms. The van der Waals surface area contributed by atoms with E-state index in [1.165, 1.54) is 6.07 Å². The van der Waals surface area contributed by atoms with Gasteiger partial charge in [0.25, 0.3) is 5.91 Å². The number of carbonyl (C=O) groups is 2. The number of aromatic carboxylic acids is 1. The number of ether oxygens (including phenoxy) is 2. The third-order valence-electron chi connectivity index (χ3n) is 2.24. The number of hydrogen-bond donors (Lipinski definition) is 2. The Bertz CT molecular complexity index is 424. The van der Waals surface area contributed by atoms with Crippen LogP contribution in [0.25, 0.3) is 0 Å². The highest BCUT2D eigenvalue weighted by Crippen LogP contribution is 2.23. The predicted molar refractivity (Wildman–Crippen MR) is 60.5 cm³/mol. The maximum absolute atomic E-state index is 11.7. The Morgan fingerprint density at radius 3 is 2.94 bits per heavy atom. The average molecular weight is 257 g/mol. The summed E-state index contributed by atoms with van der Waals surface area (Å²) in [6.07, 6.45) is -0.674. The number of anilines is 1. The van der Waals surface area contributed by atoms with Crippen molar-refractivity contribution in [3.05, 3.63) is 17.0 Å². The lowest BCUT2D eigenvalue weighted by Gasteiger charge is -2.21. The lowest BCUT2D eigenvalue weighted by Crippen LogP contribution is -2.39. The van der Waals surface area contributed by atoms with E-state index in [1.807, 2.05) is 0 Å². The molecule has 0 aliphatic carbocycles. The van der Waals surface area contributed by atoms with Crippen LogP contribution in [0.3, 0.4) is 0 Å². The van der Waals surface area contributed by atoms with Gasteiger partial charge in [-0.1, -0.05) is 0 Å². The zero-order chi connectivity index (χ0) is 12.3. The zero-order valence-corrected chi connectivity index (χ0v) is 9.66. The van der Waals surface area contributed by atoms with Crippen LogP contribution in [0, 0.1) is 0 Å². The summed E-state index contributed by atoms with van der Waals surface area (Å²) in [6, 6.07) is 1.45. The second kappa shape index (κ2) is 5.26. The van der Waals surface area contributed by atoms with Gasteiger partial charge in [0.1, 0.15) is 5.00 Å². The van der Waals surface area contributed by atoms with Crippen LogP contribution in [0.4, 0.5) is 5.00 Å². The van der Waals surface area contributed by atoms with E-state index in [9.17, 15) is 9.59 Å². The van der Waals surface area contributed by atoms with Gasteiger partial charge in [0.15, 0.2) is 6.10 Å². The van der Waals surface area contributed by atoms with E-state index in [1.54, 1.807) is 5.38 Å². The number of hydrogen-bond acceptors (Lipinski definition) is 5. The maximum Gasteiger partial charge on any atom is 0.338 e. The van der Waals surface area contributed by atoms with Gasteiger partial charge in [-0.25, -0.2) is 4.79 Å². The summed E-state index contributed by atoms with van der Waals surface area (Å²) in [5.74, 6) is -1.45. The van der Waals surface area contributed by atoms with Gasteiger partial charge in [0.2, 0.25) is 0 Å². The molecule has 0 bridgehead atoms. The van der Waals surface area contributed by atoms with Gasteiger partial charge in [-0.05, 0) is 11.4 Å². The molecule has 2 heterocycles. The molecule has 92 valence electrons. The number of carboxylic acids is 1. The van der Waals surface area contributed by atoms with Crippen LogP contribution in [0.15, 0.2) is 11.4 Å². The molecular weight excluding hydrogens is 246 g/mol. The number of carbonyl (C=O) groups excluding carboxylic acids is 1. The van der Waals surface area contributed by atoms with Gasteiger partial charge in [-0.2, -0.15) is 0 Å². The molecule has 0 aromatic carbocycles. The van der Waals surface area contributed by atoms with Crippen LogP contribution in [0.5, 0.6) is 0 Å². The first-order valence-electron chi connectivity index (χ1n) is 4.99. The first-order chi connectivity index (χ1) is 8.18. The molecule has 1 aromatic heterocycles. The SMILES string of the molecule is O=C(O)c1ccsc1NC(=O)C1COCCO1. The average Bonchev–Trinajstić information content (AvgIpc) is 2.78. The second-order valence-corrected chi connectivity index (χ2v) is 4.31. The van der Waals surface area contributed by atoms with E-state index in [4.69, 9.17) is 14.6 Å². The third kappa shape index (κ3) is 2.82. The summed E-state index contributed by atoms with van der Waals surface area (Å²) in [4.78, 5) is 22.6. The lowest BCUT2D eigenvalue weighted by molar-refractivity contribution is -0.142. The van der Waals surface area contributed by atoms with Crippen LogP contribution < -0.4 is 5.32 Å². The van der Waals surface area contributed by atoms with Gasteiger partial charge < -0.3 is 19.9 Å². The Morgan fingerprint density at radius 1 is 1.47 bits per heavy atom. The van der Waals surface area contributed by atoms with Crippen molar-refractivity contribution < 1.29 is 24.2 Å². The molecule has 1 unspecified atom stereocenters. The summed E-state index contributed by atoms with van der Waals surface area (Å²) in [5, 5.41) is 13.3. The highest BCUT2D eigenvalue weighted by molar-refractivity contribution is 7.14. The molecule has 17 heavy (non-hydrogen) atoms. The van der Waals surface area contributed by atoms with Gasteiger partial charge in [0, 0.05) is 0 Å². The van der Waals surface area contributed by atoms with Crippen molar-refractivity contribution in [3.8, 4) is 0 Å². The zero-order valence-electron chi connectivity index (χ0n) is 8.84. The van der Waals surface area contributed by atoms with Crippen molar-refractivity contribution in [1.82, 2.24) is 0 Å². The number of thiophene rings is 1. The number of amides is 1. The first kappa shape index (κ1) is 12.0. The van der Waals surface area contributed by atoms with Crippen LogP contribution in [0.2, 0.25) is 0 Å². The predicted octanol–water partition coefficient (Wildman–Crippen LogP) is 0.800. The number of carboxylic acid groups (broad SMARTS) is 1.